The maximum atomic E-state index is 11.9. The van der Waals surface area contributed by atoms with E-state index in [1.54, 1.807) is 0 Å². The van der Waals surface area contributed by atoms with Gasteiger partial charge >= 0.3 is 0 Å². The van der Waals surface area contributed by atoms with E-state index in [1.165, 1.54) is 19.3 Å². The van der Waals surface area contributed by atoms with Gasteiger partial charge in [-0.1, -0.05) is 15.9 Å². The third kappa shape index (κ3) is 1.54. The van der Waals surface area contributed by atoms with Gasteiger partial charge in [0.05, 0.1) is 0 Å². The molecule has 0 aromatic heterocycles. The van der Waals surface area contributed by atoms with E-state index in [0.29, 0.717) is 11.8 Å². The monoisotopic (exact) mass is 271 g/mol. The van der Waals surface area contributed by atoms with Crippen molar-refractivity contribution < 1.29 is 4.79 Å². The highest BCUT2D eigenvalue weighted by Crippen LogP contribution is 2.69. The molecule has 3 saturated carbocycles. The summed E-state index contributed by atoms with van der Waals surface area (Å²) in [4.78, 5) is 11.9. The van der Waals surface area contributed by atoms with Crippen LogP contribution in [0.2, 0.25) is 0 Å². The van der Waals surface area contributed by atoms with Crippen molar-refractivity contribution in [3.63, 3.8) is 0 Å². The molecule has 0 aromatic carbocycles. The highest BCUT2D eigenvalue weighted by molar-refractivity contribution is 9.09. The Hall–Kier alpha value is -0.0500. The largest absolute Gasteiger partial charge is 0.356 e. The predicted molar refractivity (Wildman–Crippen MR) is 62.7 cm³/mol. The van der Waals surface area contributed by atoms with Crippen molar-refractivity contribution in [2.45, 2.75) is 25.7 Å². The Kier molecular flexibility index (Phi) is 2.54. The molecule has 4 unspecified atom stereocenters. The second kappa shape index (κ2) is 3.76. The van der Waals surface area contributed by atoms with E-state index in [-0.39, 0.29) is 0 Å². The topological polar surface area (TPSA) is 29.1 Å². The minimum atomic E-state index is 0.350. The molecule has 3 aliphatic rings. The zero-order chi connectivity index (χ0) is 10.4. The number of amides is 1. The van der Waals surface area contributed by atoms with Gasteiger partial charge in [0, 0.05) is 17.8 Å². The zero-order valence-corrected chi connectivity index (χ0v) is 10.5. The van der Waals surface area contributed by atoms with E-state index in [2.05, 4.69) is 21.2 Å². The van der Waals surface area contributed by atoms with Crippen LogP contribution in [0, 0.1) is 29.6 Å². The lowest BCUT2D eigenvalue weighted by Gasteiger charge is -2.08. The van der Waals surface area contributed by atoms with Gasteiger partial charge in [-0.25, -0.2) is 0 Å². The maximum absolute atomic E-state index is 11.9. The molecule has 0 radical (unpaired) electrons. The first-order valence-corrected chi connectivity index (χ1v) is 7.28. The molecule has 0 aliphatic heterocycles. The van der Waals surface area contributed by atoms with Crippen molar-refractivity contribution in [3.05, 3.63) is 0 Å². The lowest BCUT2D eigenvalue weighted by Crippen LogP contribution is -2.28. The van der Waals surface area contributed by atoms with Crippen LogP contribution >= 0.6 is 15.9 Å². The average molecular weight is 272 g/mol. The summed E-state index contributed by atoms with van der Waals surface area (Å²) in [5, 5.41) is 4.06. The molecule has 4 atom stereocenters. The first-order chi connectivity index (χ1) is 7.33. The minimum absolute atomic E-state index is 0.350. The van der Waals surface area contributed by atoms with Crippen molar-refractivity contribution in [2.75, 3.05) is 11.9 Å². The van der Waals surface area contributed by atoms with E-state index >= 15 is 0 Å². The second-order valence-electron chi connectivity index (χ2n) is 5.35. The molecule has 3 rings (SSSR count). The number of alkyl halides is 1. The van der Waals surface area contributed by atoms with Crippen molar-refractivity contribution in [1.82, 2.24) is 5.32 Å². The van der Waals surface area contributed by atoms with Crippen LogP contribution in [-0.2, 0) is 4.79 Å². The summed E-state index contributed by atoms with van der Waals surface area (Å²) < 4.78 is 0. The fourth-order valence-corrected chi connectivity index (χ4v) is 4.35. The quantitative estimate of drug-likeness (QED) is 0.617. The molecule has 3 heteroatoms. The Labute approximate surface area is 99.3 Å². The van der Waals surface area contributed by atoms with Crippen molar-refractivity contribution >= 4 is 21.8 Å². The smallest absolute Gasteiger partial charge is 0.223 e. The van der Waals surface area contributed by atoms with Crippen LogP contribution in [0.5, 0.6) is 0 Å². The number of halogens is 1. The van der Waals surface area contributed by atoms with Crippen LogP contribution in [0.25, 0.3) is 0 Å². The number of hydrogen-bond donors (Lipinski definition) is 1. The molecule has 15 heavy (non-hydrogen) atoms. The molecule has 0 saturated heterocycles. The number of carbonyl (C=O) groups excluding carboxylic acids is 1. The summed E-state index contributed by atoms with van der Waals surface area (Å²) in [5.41, 5.74) is 0. The van der Waals surface area contributed by atoms with Gasteiger partial charge in [-0.15, -0.1) is 0 Å². The summed E-state index contributed by atoms with van der Waals surface area (Å²) in [6, 6.07) is 0. The van der Waals surface area contributed by atoms with Gasteiger partial charge in [0.1, 0.15) is 0 Å². The number of hydrogen-bond acceptors (Lipinski definition) is 1. The maximum Gasteiger partial charge on any atom is 0.223 e. The molecule has 1 N–H and O–H groups in total. The van der Waals surface area contributed by atoms with E-state index in [0.717, 1.165) is 42.0 Å². The van der Waals surface area contributed by atoms with E-state index in [4.69, 9.17) is 0 Å². The molecular formula is C12H18BrNO. The zero-order valence-electron chi connectivity index (χ0n) is 8.92. The van der Waals surface area contributed by atoms with Crippen LogP contribution < -0.4 is 5.32 Å². The number of carbonyl (C=O) groups is 1. The van der Waals surface area contributed by atoms with Gasteiger partial charge in [0.25, 0.3) is 0 Å². The van der Waals surface area contributed by atoms with Crippen LogP contribution in [0.3, 0.4) is 0 Å². The lowest BCUT2D eigenvalue weighted by molar-refractivity contribution is -0.123. The molecule has 2 nitrogen and oxygen atoms in total. The predicted octanol–water partition coefficient (Wildman–Crippen LogP) is 2.18. The number of rotatable bonds is 4. The molecule has 0 spiro atoms. The molecule has 84 valence electrons. The lowest BCUT2D eigenvalue weighted by atomic mass is 10.0. The fraction of sp³-hybridized carbons (Fsp3) is 0.917. The fourth-order valence-electron chi connectivity index (χ4n) is 4.07. The second-order valence-corrected chi connectivity index (χ2v) is 6.14. The van der Waals surface area contributed by atoms with Crippen molar-refractivity contribution in [1.29, 1.82) is 0 Å². The Morgan fingerprint density at radius 3 is 2.53 bits per heavy atom. The van der Waals surface area contributed by atoms with Crippen LogP contribution in [0.4, 0.5) is 0 Å². The SMILES string of the molecule is O=C(NCCCBr)C1C2C3CCC(C3)C12. The molecule has 3 aliphatic carbocycles. The van der Waals surface area contributed by atoms with Crippen LogP contribution in [0.15, 0.2) is 0 Å². The van der Waals surface area contributed by atoms with Gasteiger partial charge in [0.15, 0.2) is 0 Å². The summed E-state index contributed by atoms with van der Waals surface area (Å²) in [6.45, 7) is 0.843. The normalized spacial score (nSPS) is 45.3. The Balaban J connectivity index is 1.52. The summed E-state index contributed by atoms with van der Waals surface area (Å²) in [6.07, 6.45) is 5.27. The third-order valence-electron chi connectivity index (χ3n) is 4.65. The Morgan fingerprint density at radius 1 is 1.27 bits per heavy atom. The number of nitrogens with one attached hydrogen (secondary N) is 1. The molecular weight excluding hydrogens is 254 g/mol. The van der Waals surface area contributed by atoms with Crippen LogP contribution in [-0.4, -0.2) is 17.8 Å². The van der Waals surface area contributed by atoms with Crippen molar-refractivity contribution in [2.24, 2.45) is 29.6 Å². The van der Waals surface area contributed by atoms with Gasteiger partial charge < -0.3 is 5.32 Å². The summed E-state index contributed by atoms with van der Waals surface area (Å²) in [7, 11) is 0. The highest BCUT2D eigenvalue weighted by Gasteiger charge is 2.67. The van der Waals surface area contributed by atoms with Gasteiger partial charge in [0.2, 0.25) is 5.91 Å². The summed E-state index contributed by atoms with van der Waals surface area (Å²) in [5.74, 6) is 4.15. The van der Waals surface area contributed by atoms with Gasteiger partial charge in [-0.05, 0) is 49.4 Å². The first kappa shape index (κ1) is 10.1. The molecule has 1 amide bonds. The molecule has 3 fully saturated rings. The van der Waals surface area contributed by atoms with Crippen LogP contribution in [0.1, 0.15) is 25.7 Å². The van der Waals surface area contributed by atoms with E-state index in [1.807, 2.05) is 0 Å². The highest BCUT2D eigenvalue weighted by atomic mass is 79.9. The third-order valence-corrected chi connectivity index (χ3v) is 5.21. The standard InChI is InChI=1S/C12H18BrNO/c13-4-1-5-14-12(15)11-9-7-2-3-8(6-7)10(9)11/h7-11H,1-6H2,(H,14,15). The van der Waals surface area contributed by atoms with Gasteiger partial charge in [-0.3, -0.25) is 4.79 Å². The Morgan fingerprint density at radius 2 is 1.93 bits per heavy atom. The minimum Gasteiger partial charge on any atom is -0.356 e. The molecule has 2 bridgehead atoms. The summed E-state index contributed by atoms with van der Waals surface area (Å²) >= 11 is 3.38. The Bertz CT molecular complexity index is 265. The molecule has 0 heterocycles. The average Bonchev–Trinajstić information content (AvgIpc) is 2.68. The van der Waals surface area contributed by atoms with E-state index in [9.17, 15) is 4.79 Å². The van der Waals surface area contributed by atoms with Gasteiger partial charge in [-0.2, -0.15) is 0 Å². The number of fused-ring (bicyclic) bond motifs is 5. The van der Waals surface area contributed by atoms with Crippen molar-refractivity contribution in [3.8, 4) is 0 Å². The first-order valence-electron chi connectivity index (χ1n) is 6.16. The molecule has 0 aromatic rings. The van der Waals surface area contributed by atoms with E-state index < -0.39 is 0 Å².